The van der Waals surface area contributed by atoms with Crippen LogP contribution in [0.2, 0.25) is 0 Å². The van der Waals surface area contributed by atoms with Crippen LogP contribution in [0.25, 0.3) is 0 Å². The first-order valence-corrected chi connectivity index (χ1v) is 7.32. The molecule has 1 N–H and O–H groups in total. The molecule has 2 rings (SSSR count). The van der Waals surface area contributed by atoms with Crippen molar-refractivity contribution in [2.75, 3.05) is 14.2 Å². The molecule has 0 aromatic heterocycles. The molecule has 25 heavy (non-hydrogen) atoms. The van der Waals surface area contributed by atoms with Gasteiger partial charge in [-0.1, -0.05) is 24.3 Å². The number of hydroxylamine groups is 2. The summed E-state index contributed by atoms with van der Waals surface area (Å²) in [6.45, 7) is 0.612. The highest BCUT2D eigenvalue weighted by atomic mass is 35.5. The number of esters is 2. The number of benzene rings is 2. The van der Waals surface area contributed by atoms with Crippen LogP contribution in [0, 0.1) is 0 Å². The Bertz CT molecular complexity index is 639. The minimum Gasteiger partial charge on any atom is -0.465 e. The lowest BCUT2D eigenvalue weighted by Gasteiger charge is -2.15. The molecule has 0 atom stereocenters. The zero-order chi connectivity index (χ0) is 17.5. The van der Waals surface area contributed by atoms with Gasteiger partial charge in [0.2, 0.25) is 0 Å². The van der Waals surface area contributed by atoms with Gasteiger partial charge in [-0.25, -0.2) is 9.59 Å². The van der Waals surface area contributed by atoms with E-state index in [-0.39, 0.29) is 12.4 Å². The van der Waals surface area contributed by atoms with Gasteiger partial charge >= 0.3 is 11.9 Å². The molecule has 0 bridgehead atoms. The number of rotatable bonds is 6. The van der Waals surface area contributed by atoms with Crippen LogP contribution in [0.1, 0.15) is 31.8 Å². The predicted molar refractivity (Wildman–Crippen MR) is 93.8 cm³/mol. The van der Waals surface area contributed by atoms with E-state index in [1.165, 1.54) is 14.2 Å². The van der Waals surface area contributed by atoms with E-state index in [1.54, 1.807) is 48.5 Å². The van der Waals surface area contributed by atoms with Crippen molar-refractivity contribution in [3.05, 3.63) is 70.8 Å². The number of halogens is 1. The second kappa shape index (κ2) is 9.78. The molecule has 0 saturated carbocycles. The molecule has 0 heterocycles. The third-order valence-electron chi connectivity index (χ3n) is 3.48. The molecule has 2 aromatic rings. The normalized spacial score (nSPS) is 10.1. The van der Waals surface area contributed by atoms with E-state index in [2.05, 4.69) is 9.47 Å². The van der Waals surface area contributed by atoms with Gasteiger partial charge in [-0.15, -0.1) is 12.4 Å². The van der Waals surface area contributed by atoms with Gasteiger partial charge in [-0.3, -0.25) is 0 Å². The van der Waals surface area contributed by atoms with Gasteiger partial charge in [0.1, 0.15) is 0 Å². The van der Waals surface area contributed by atoms with Crippen LogP contribution < -0.4 is 0 Å². The van der Waals surface area contributed by atoms with Gasteiger partial charge in [-0.05, 0) is 35.4 Å². The average Bonchev–Trinajstić information content (AvgIpc) is 2.61. The zero-order valence-electron chi connectivity index (χ0n) is 14.0. The molecule has 0 aliphatic carbocycles. The molecular weight excluding hydrogens is 346 g/mol. The standard InChI is InChI=1S/C18H19NO5.ClH/c1-23-17(20)15-7-3-13(4-8-15)11-19(22)12-14-5-9-16(10-6-14)18(21)24-2;/h3-10,22H,11-12H2,1-2H3;1H. The van der Waals surface area contributed by atoms with E-state index in [4.69, 9.17) is 0 Å². The van der Waals surface area contributed by atoms with Crippen LogP contribution in [0.15, 0.2) is 48.5 Å². The second-order valence-corrected chi connectivity index (χ2v) is 5.20. The van der Waals surface area contributed by atoms with Crippen molar-refractivity contribution in [3.8, 4) is 0 Å². The van der Waals surface area contributed by atoms with E-state index >= 15 is 0 Å². The Morgan fingerprint density at radius 1 is 0.800 bits per heavy atom. The van der Waals surface area contributed by atoms with Gasteiger partial charge in [0, 0.05) is 13.1 Å². The first-order valence-electron chi connectivity index (χ1n) is 7.32. The predicted octanol–water partition coefficient (Wildman–Crippen LogP) is 3.07. The van der Waals surface area contributed by atoms with Crippen molar-refractivity contribution >= 4 is 24.3 Å². The number of hydrogen-bond acceptors (Lipinski definition) is 6. The molecule has 7 heteroatoms. The van der Waals surface area contributed by atoms with Crippen LogP contribution in [0.4, 0.5) is 0 Å². The van der Waals surface area contributed by atoms with E-state index in [1.807, 2.05) is 0 Å². The summed E-state index contributed by atoms with van der Waals surface area (Å²) in [7, 11) is 2.66. The Hall–Kier alpha value is -2.41. The van der Waals surface area contributed by atoms with Crippen LogP contribution in [0.5, 0.6) is 0 Å². The monoisotopic (exact) mass is 365 g/mol. The number of methoxy groups -OCH3 is 2. The van der Waals surface area contributed by atoms with Crippen LogP contribution >= 0.6 is 12.4 Å². The van der Waals surface area contributed by atoms with E-state index in [0.29, 0.717) is 24.2 Å². The maximum absolute atomic E-state index is 11.4. The van der Waals surface area contributed by atoms with Crippen molar-refractivity contribution in [1.82, 2.24) is 5.06 Å². The van der Waals surface area contributed by atoms with Gasteiger partial charge in [0.05, 0.1) is 25.3 Å². The topological polar surface area (TPSA) is 76.1 Å². The SMILES string of the molecule is COC(=O)c1ccc(CN(O)Cc2ccc(C(=O)OC)cc2)cc1.Cl. The fraction of sp³-hybridized carbons (Fsp3) is 0.222. The molecular formula is C18H20ClNO5. The summed E-state index contributed by atoms with van der Waals surface area (Å²) in [5.74, 6) is -0.791. The summed E-state index contributed by atoms with van der Waals surface area (Å²) in [5, 5.41) is 11.2. The molecule has 0 aliphatic rings. The number of carbonyl (C=O) groups is 2. The summed E-state index contributed by atoms with van der Waals surface area (Å²) in [6.07, 6.45) is 0. The fourth-order valence-electron chi connectivity index (χ4n) is 2.21. The Morgan fingerprint density at radius 2 is 1.12 bits per heavy atom. The number of hydrogen-bond donors (Lipinski definition) is 1. The molecule has 0 fully saturated rings. The first-order chi connectivity index (χ1) is 11.5. The average molecular weight is 366 g/mol. The smallest absolute Gasteiger partial charge is 0.337 e. The van der Waals surface area contributed by atoms with Crippen LogP contribution in [-0.4, -0.2) is 36.4 Å². The molecule has 134 valence electrons. The third kappa shape index (κ3) is 5.86. The van der Waals surface area contributed by atoms with Gasteiger partial charge in [0.15, 0.2) is 0 Å². The molecule has 0 unspecified atom stereocenters. The molecule has 0 aliphatic heterocycles. The van der Waals surface area contributed by atoms with Crippen molar-refractivity contribution < 1.29 is 24.3 Å². The number of carbonyl (C=O) groups excluding carboxylic acids is 2. The summed E-state index contributed by atoms with van der Waals surface area (Å²) in [6, 6.07) is 13.7. The lowest BCUT2D eigenvalue weighted by molar-refractivity contribution is -0.108. The molecule has 6 nitrogen and oxygen atoms in total. The summed E-state index contributed by atoms with van der Waals surface area (Å²) in [5.41, 5.74) is 2.64. The van der Waals surface area contributed by atoms with Crippen molar-refractivity contribution in [2.24, 2.45) is 0 Å². The van der Waals surface area contributed by atoms with Crippen LogP contribution in [0.3, 0.4) is 0 Å². The maximum Gasteiger partial charge on any atom is 0.337 e. The molecule has 0 saturated heterocycles. The summed E-state index contributed by atoms with van der Waals surface area (Å²) in [4.78, 5) is 22.7. The summed E-state index contributed by atoms with van der Waals surface area (Å²) < 4.78 is 9.28. The lowest BCUT2D eigenvalue weighted by Crippen LogP contribution is -2.18. The summed E-state index contributed by atoms with van der Waals surface area (Å²) >= 11 is 0. The Morgan fingerprint density at radius 3 is 1.40 bits per heavy atom. The quantitative estimate of drug-likeness (QED) is 0.626. The highest BCUT2D eigenvalue weighted by Crippen LogP contribution is 2.11. The van der Waals surface area contributed by atoms with Gasteiger partial charge in [-0.2, -0.15) is 5.06 Å². The highest BCUT2D eigenvalue weighted by molar-refractivity contribution is 5.89. The Balaban J connectivity index is 0.00000312. The maximum atomic E-state index is 11.4. The van der Waals surface area contributed by atoms with Gasteiger partial charge in [0.25, 0.3) is 0 Å². The van der Waals surface area contributed by atoms with Gasteiger partial charge < -0.3 is 14.7 Å². The number of ether oxygens (including phenoxy) is 2. The van der Waals surface area contributed by atoms with Crippen molar-refractivity contribution in [1.29, 1.82) is 0 Å². The zero-order valence-corrected chi connectivity index (χ0v) is 14.8. The molecule has 0 spiro atoms. The number of nitrogens with zero attached hydrogens (tertiary/aromatic N) is 1. The third-order valence-corrected chi connectivity index (χ3v) is 3.48. The fourth-order valence-corrected chi connectivity index (χ4v) is 2.21. The first kappa shape index (κ1) is 20.6. The Kier molecular flexibility index (Phi) is 8.07. The minimum atomic E-state index is -0.395. The highest BCUT2D eigenvalue weighted by Gasteiger charge is 2.08. The van der Waals surface area contributed by atoms with Crippen LogP contribution in [-0.2, 0) is 22.6 Å². The second-order valence-electron chi connectivity index (χ2n) is 5.20. The van der Waals surface area contributed by atoms with Crippen molar-refractivity contribution in [2.45, 2.75) is 13.1 Å². The molecule has 2 aromatic carbocycles. The molecule has 0 radical (unpaired) electrons. The minimum absolute atomic E-state index is 0. The lowest BCUT2D eigenvalue weighted by atomic mass is 10.1. The Labute approximate surface area is 152 Å². The van der Waals surface area contributed by atoms with E-state index < -0.39 is 11.9 Å². The molecule has 0 amide bonds. The largest absolute Gasteiger partial charge is 0.465 e. The van der Waals surface area contributed by atoms with Crippen molar-refractivity contribution in [3.63, 3.8) is 0 Å². The van der Waals surface area contributed by atoms with E-state index in [0.717, 1.165) is 16.2 Å². The van der Waals surface area contributed by atoms with E-state index in [9.17, 15) is 14.8 Å².